The predicted octanol–water partition coefficient (Wildman–Crippen LogP) is 1.91. The zero-order valence-electron chi connectivity index (χ0n) is 8.09. The normalized spacial score (nSPS) is 15.6. The highest BCUT2D eigenvalue weighted by Gasteiger charge is 2.26. The lowest BCUT2D eigenvalue weighted by Gasteiger charge is -2.09. The highest BCUT2D eigenvalue weighted by molar-refractivity contribution is 5.47. The van der Waals surface area contributed by atoms with E-state index in [4.69, 9.17) is 10.5 Å². The van der Waals surface area contributed by atoms with Gasteiger partial charge in [0.1, 0.15) is 6.10 Å². The smallest absolute Gasteiger partial charge is 0.251 e. The summed E-state index contributed by atoms with van der Waals surface area (Å²) in [6.07, 6.45) is 4.16. The van der Waals surface area contributed by atoms with Crippen LogP contribution < -0.4 is 10.5 Å². The number of hydrogen-bond donors (Lipinski definition) is 1. The van der Waals surface area contributed by atoms with Crippen molar-refractivity contribution in [3.8, 4) is 5.88 Å². The summed E-state index contributed by atoms with van der Waals surface area (Å²) in [5.74, 6) is -0.307. The van der Waals surface area contributed by atoms with Crippen LogP contribution in [0, 0.1) is 5.82 Å². The summed E-state index contributed by atoms with van der Waals surface area (Å²) < 4.78 is 19.0. The topological polar surface area (TPSA) is 48.1 Å². The molecule has 1 aliphatic rings. The molecule has 0 bridgehead atoms. The van der Waals surface area contributed by atoms with Gasteiger partial charge >= 0.3 is 0 Å². The number of rotatable bonds is 3. The third kappa shape index (κ3) is 1.64. The Balaban J connectivity index is 2.30. The van der Waals surface area contributed by atoms with E-state index in [1.807, 2.05) is 6.92 Å². The second-order valence-electron chi connectivity index (χ2n) is 3.48. The zero-order valence-corrected chi connectivity index (χ0v) is 8.09. The molecule has 0 atom stereocenters. The van der Waals surface area contributed by atoms with Crippen molar-refractivity contribution in [3.05, 3.63) is 17.6 Å². The molecule has 1 heterocycles. The van der Waals surface area contributed by atoms with Gasteiger partial charge in [0, 0.05) is 5.56 Å². The molecule has 4 heteroatoms. The van der Waals surface area contributed by atoms with Gasteiger partial charge in [-0.15, -0.1) is 0 Å². The van der Waals surface area contributed by atoms with Crippen molar-refractivity contribution in [2.24, 2.45) is 0 Å². The molecule has 0 aliphatic heterocycles. The van der Waals surface area contributed by atoms with Gasteiger partial charge in [-0.3, -0.25) is 0 Å². The van der Waals surface area contributed by atoms with E-state index in [9.17, 15) is 4.39 Å². The van der Waals surface area contributed by atoms with Gasteiger partial charge in [-0.1, -0.05) is 6.92 Å². The lowest BCUT2D eigenvalue weighted by Crippen LogP contribution is -2.05. The van der Waals surface area contributed by atoms with Gasteiger partial charge in [-0.2, -0.15) is 0 Å². The van der Waals surface area contributed by atoms with Crippen molar-refractivity contribution in [1.29, 1.82) is 0 Å². The van der Waals surface area contributed by atoms with Gasteiger partial charge in [-0.05, 0) is 19.3 Å². The summed E-state index contributed by atoms with van der Waals surface area (Å²) >= 11 is 0. The number of aromatic nitrogens is 1. The first-order chi connectivity index (χ1) is 6.72. The number of halogens is 1. The Hall–Kier alpha value is -1.32. The zero-order chi connectivity index (χ0) is 10.1. The van der Waals surface area contributed by atoms with E-state index < -0.39 is 5.82 Å². The number of hydrogen-bond acceptors (Lipinski definition) is 3. The van der Waals surface area contributed by atoms with E-state index in [0.29, 0.717) is 17.7 Å². The van der Waals surface area contributed by atoms with Crippen molar-refractivity contribution < 1.29 is 9.13 Å². The molecule has 1 aromatic rings. The summed E-state index contributed by atoms with van der Waals surface area (Å²) in [5, 5.41) is 0. The molecule has 14 heavy (non-hydrogen) atoms. The number of ether oxygens (including phenoxy) is 1. The quantitative estimate of drug-likeness (QED) is 0.803. The molecule has 3 nitrogen and oxygen atoms in total. The minimum Gasteiger partial charge on any atom is -0.472 e. The van der Waals surface area contributed by atoms with Crippen LogP contribution in [0.25, 0.3) is 0 Å². The average Bonchev–Trinajstić information content (AvgIpc) is 2.95. The number of pyridine rings is 1. The maximum Gasteiger partial charge on any atom is 0.251 e. The Morgan fingerprint density at radius 2 is 2.36 bits per heavy atom. The standard InChI is InChI=1S/C10H13FN2O/c1-2-7-8(12)5-13-10(9(7)11)14-6-3-4-6/h5-6H,2-4,12H2,1H3. The highest BCUT2D eigenvalue weighted by Crippen LogP contribution is 2.29. The maximum absolute atomic E-state index is 13.7. The van der Waals surface area contributed by atoms with Crippen LogP contribution in [-0.2, 0) is 6.42 Å². The summed E-state index contributed by atoms with van der Waals surface area (Å²) in [5.41, 5.74) is 6.48. The monoisotopic (exact) mass is 196 g/mol. The number of anilines is 1. The molecular formula is C10H13FN2O. The molecule has 0 aromatic carbocycles. The van der Waals surface area contributed by atoms with E-state index in [-0.39, 0.29) is 12.0 Å². The summed E-state index contributed by atoms with van der Waals surface area (Å²) in [6.45, 7) is 1.86. The molecule has 2 N–H and O–H groups in total. The van der Waals surface area contributed by atoms with Crippen LogP contribution in [0.3, 0.4) is 0 Å². The largest absolute Gasteiger partial charge is 0.472 e. The summed E-state index contributed by atoms with van der Waals surface area (Å²) in [4.78, 5) is 3.84. The fourth-order valence-electron chi connectivity index (χ4n) is 1.30. The van der Waals surface area contributed by atoms with Crippen LogP contribution in [0.4, 0.5) is 10.1 Å². The van der Waals surface area contributed by atoms with Crippen LogP contribution in [0.15, 0.2) is 6.20 Å². The van der Waals surface area contributed by atoms with E-state index in [2.05, 4.69) is 4.98 Å². The summed E-state index contributed by atoms with van der Waals surface area (Å²) in [6, 6.07) is 0. The van der Waals surface area contributed by atoms with E-state index in [0.717, 1.165) is 12.8 Å². The van der Waals surface area contributed by atoms with Crippen molar-refractivity contribution in [2.45, 2.75) is 32.3 Å². The fraction of sp³-hybridized carbons (Fsp3) is 0.500. The minimum absolute atomic E-state index is 0.0959. The van der Waals surface area contributed by atoms with Crippen molar-refractivity contribution >= 4 is 5.69 Å². The number of nitrogens with two attached hydrogens (primary N) is 1. The Labute approximate surface area is 82.1 Å². The molecule has 0 amide bonds. The molecule has 1 aliphatic carbocycles. The Bertz CT molecular complexity index is 350. The molecule has 76 valence electrons. The third-order valence-corrected chi connectivity index (χ3v) is 2.28. The first kappa shape index (κ1) is 9.24. The summed E-state index contributed by atoms with van der Waals surface area (Å²) in [7, 11) is 0. The predicted molar refractivity (Wildman–Crippen MR) is 51.6 cm³/mol. The van der Waals surface area contributed by atoms with Crippen molar-refractivity contribution in [2.75, 3.05) is 5.73 Å². The van der Waals surface area contributed by atoms with Crippen molar-refractivity contribution in [1.82, 2.24) is 4.98 Å². The molecule has 1 aromatic heterocycles. The van der Waals surface area contributed by atoms with Crippen LogP contribution >= 0.6 is 0 Å². The minimum atomic E-state index is -0.403. The lowest BCUT2D eigenvalue weighted by molar-refractivity contribution is 0.274. The lowest BCUT2D eigenvalue weighted by atomic mass is 10.1. The first-order valence-electron chi connectivity index (χ1n) is 4.82. The van der Waals surface area contributed by atoms with Crippen LogP contribution in [-0.4, -0.2) is 11.1 Å². The Morgan fingerprint density at radius 3 is 2.93 bits per heavy atom. The third-order valence-electron chi connectivity index (χ3n) is 2.28. The molecule has 0 unspecified atom stereocenters. The Morgan fingerprint density at radius 1 is 1.64 bits per heavy atom. The van der Waals surface area contributed by atoms with E-state index in [1.54, 1.807) is 0 Å². The highest BCUT2D eigenvalue weighted by atomic mass is 19.1. The van der Waals surface area contributed by atoms with Crippen LogP contribution in [0.2, 0.25) is 0 Å². The van der Waals surface area contributed by atoms with E-state index >= 15 is 0 Å². The maximum atomic E-state index is 13.7. The molecule has 0 radical (unpaired) electrons. The van der Waals surface area contributed by atoms with Gasteiger partial charge in [0.2, 0.25) is 0 Å². The molecule has 1 fully saturated rings. The first-order valence-corrected chi connectivity index (χ1v) is 4.82. The number of nitrogen functional groups attached to an aromatic ring is 1. The number of nitrogens with zero attached hydrogens (tertiary/aromatic N) is 1. The van der Waals surface area contributed by atoms with Crippen LogP contribution in [0.1, 0.15) is 25.3 Å². The van der Waals surface area contributed by atoms with Gasteiger partial charge in [0.05, 0.1) is 11.9 Å². The van der Waals surface area contributed by atoms with Crippen molar-refractivity contribution in [3.63, 3.8) is 0 Å². The SMILES string of the molecule is CCc1c(N)cnc(OC2CC2)c1F. The van der Waals surface area contributed by atoms with Crippen LogP contribution in [0.5, 0.6) is 5.88 Å². The average molecular weight is 196 g/mol. The second kappa shape index (κ2) is 3.44. The second-order valence-corrected chi connectivity index (χ2v) is 3.48. The molecular weight excluding hydrogens is 183 g/mol. The van der Waals surface area contributed by atoms with Gasteiger partial charge in [0.15, 0.2) is 5.82 Å². The van der Waals surface area contributed by atoms with Gasteiger partial charge in [0.25, 0.3) is 5.88 Å². The molecule has 1 saturated carbocycles. The fourth-order valence-corrected chi connectivity index (χ4v) is 1.30. The Kier molecular flexibility index (Phi) is 2.27. The molecule has 0 spiro atoms. The van der Waals surface area contributed by atoms with Gasteiger partial charge in [-0.25, -0.2) is 9.37 Å². The van der Waals surface area contributed by atoms with Gasteiger partial charge < -0.3 is 10.5 Å². The molecule has 2 rings (SSSR count). The molecule has 0 saturated heterocycles. The van der Waals surface area contributed by atoms with E-state index in [1.165, 1.54) is 6.20 Å².